The highest BCUT2D eigenvalue weighted by molar-refractivity contribution is 7.94. The Bertz CT molecular complexity index is 785. The largest absolute Gasteiger partial charge is 0.416 e. The lowest BCUT2D eigenvalue weighted by molar-refractivity contribution is -0.137. The van der Waals surface area contributed by atoms with Crippen LogP contribution in [0.25, 0.3) is 0 Å². The van der Waals surface area contributed by atoms with Crippen molar-refractivity contribution in [3.63, 3.8) is 0 Å². The molecule has 9 heteroatoms. The fraction of sp³-hybridized carbons (Fsp3) is 0.231. The summed E-state index contributed by atoms with van der Waals surface area (Å²) in [6.45, 7) is 1.87. The fourth-order valence-corrected chi connectivity index (χ4v) is 4.25. The Morgan fingerprint density at radius 1 is 1.23 bits per heavy atom. The molecule has 1 heterocycles. The molecule has 0 atom stereocenters. The molecule has 1 aromatic heterocycles. The molecule has 0 aliphatic rings. The van der Waals surface area contributed by atoms with Crippen molar-refractivity contribution in [2.45, 2.75) is 23.7 Å². The molecule has 2 rings (SSSR count). The van der Waals surface area contributed by atoms with Crippen LogP contribution in [-0.4, -0.2) is 8.42 Å². The van der Waals surface area contributed by atoms with Crippen LogP contribution in [0.5, 0.6) is 0 Å². The monoisotopic (exact) mass is 369 g/mol. The molecule has 0 fully saturated rings. The van der Waals surface area contributed by atoms with Crippen molar-refractivity contribution in [2.24, 2.45) is 0 Å². The van der Waals surface area contributed by atoms with Gasteiger partial charge in [-0.1, -0.05) is 18.5 Å². The molecule has 1 aromatic carbocycles. The van der Waals surface area contributed by atoms with E-state index in [1.165, 1.54) is 6.07 Å². The maximum absolute atomic E-state index is 12.7. The number of hydrogen-bond donors (Lipinski definition) is 1. The molecule has 0 amide bonds. The van der Waals surface area contributed by atoms with Crippen LogP contribution in [-0.2, 0) is 22.6 Å². The lowest BCUT2D eigenvalue weighted by Crippen LogP contribution is -2.13. The van der Waals surface area contributed by atoms with Crippen molar-refractivity contribution in [1.29, 1.82) is 0 Å². The van der Waals surface area contributed by atoms with Gasteiger partial charge in [-0.3, -0.25) is 4.72 Å². The molecule has 0 radical (unpaired) electrons. The first-order chi connectivity index (χ1) is 10.1. The molecule has 0 spiro atoms. The van der Waals surface area contributed by atoms with E-state index in [1.54, 1.807) is 6.07 Å². The van der Waals surface area contributed by atoms with E-state index in [2.05, 4.69) is 4.72 Å². The maximum atomic E-state index is 12.7. The zero-order valence-corrected chi connectivity index (χ0v) is 13.6. The van der Waals surface area contributed by atoms with Crippen LogP contribution in [0.2, 0.25) is 5.02 Å². The van der Waals surface area contributed by atoms with E-state index in [0.717, 1.165) is 28.3 Å². The SMILES string of the molecule is CCc1ccc(S(=O)(=O)Nc2cc(C(F)(F)F)ccc2Cl)s1. The van der Waals surface area contributed by atoms with E-state index in [9.17, 15) is 21.6 Å². The predicted octanol–water partition coefficient (Wildman–Crippen LogP) is 4.78. The standard InChI is InChI=1S/C13H11ClF3NO2S2/c1-2-9-4-6-12(21-9)22(19,20)18-11-7-8(13(15,16)17)3-5-10(11)14/h3-7,18H,2H2,1H3. The molecule has 3 nitrogen and oxygen atoms in total. The van der Waals surface area contributed by atoms with Gasteiger partial charge in [0.1, 0.15) is 4.21 Å². The molecule has 0 saturated carbocycles. The Labute approximate surface area is 134 Å². The number of hydrogen-bond acceptors (Lipinski definition) is 3. The molecule has 0 bridgehead atoms. The van der Waals surface area contributed by atoms with E-state index >= 15 is 0 Å². The maximum Gasteiger partial charge on any atom is 0.416 e. The molecule has 2 aromatic rings. The van der Waals surface area contributed by atoms with Gasteiger partial charge >= 0.3 is 6.18 Å². The lowest BCUT2D eigenvalue weighted by Gasteiger charge is -2.12. The summed E-state index contributed by atoms with van der Waals surface area (Å²) in [6.07, 6.45) is -3.91. The van der Waals surface area contributed by atoms with Gasteiger partial charge in [-0.05, 0) is 36.8 Å². The number of benzene rings is 1. The summed E-state index contributed by atoms with van der Waals surface area (Å²) in [4.78, 5) is 0.857. The average Bonchev–Trinajstić information content (AvgIpc) is 2.89. The summed E-state index contributed by atoms with van der Waals surface area (Å²) in [5, 5.41) is -0.108. The molecule has 0 unspecified atom stereocenters. The number of nitrogens with one attached hydrogen (secondary N) is 1. The molecule has 120 valence electrons. The quantitative estimate of drug-likeness (QED) is 0.842. The second-order valence-corrected chi connectivity index (χ2v) is 7.86. The molecule has 0 aliphatic heterocycles. The minimum absolute atomic E-state index is 0.0258. The number of thiophene rings is 1. The normalized spacial score (nSPS) is 12.4. The first-order valence-electron chi connectivity index (χ1n) is 6.12. The van der Waals surface area contributed by atoms with Crippen LogP contribution in [0.1, 0.15) is 17.4 Å². The number of halogens is 4. The third-order valence-electron chi connectivity index (χ3n) is 2.79. The van der Waals surface area contributed by atoms with Crippen molar-refractivity contribution in [3.8, 4) is 0 Å². The van der Waals surface area contributed by atoms with Crippen LogP contribution in [0.4, 0.5) is 18.9 Å². The van der Waals surface area contributed by atoms with E-state index < -0.39 is 21.8 Å². The highest BCUT2D eigenvalue weighted by Gasteiger charge is 2.31. The number of sulfonamides is 1. The van der Waals surface area contributed by atoms with Gasteiger partial charge in [-0.15, -0.1) is 11.3 Å². The molecule has 1 N–H and O–H groups in total. The smallest absolute Gasteiger partial charge is 0.277 e. The van der Waals surface area contributed by atoms with Crippen LogP contribution in [0.15, 0.2) is 34.5 Å². The molecule has 22 heavy (non-hydrogen) atoms. The Kier molecular flexibility index (Phi) is 4.74. The van der Waals surface area contributed by atoms with Crippen LogP contribution in [0.3, 0.4) is 0 Å². The van der Waals surface area contributed by atoms with E-state index in [-0.39, 0.29) is 14.9 Å². The summed E-state index contributed by atoms with van der Waals surface area (Å²) in [6, 6.07) is 5.54. The number of anilines is 1. The number of rotatable bonds is 4. The predicted molar refractivity (Wildman–Crippen MR) is 81.0 cm³/mol. The Balaban J connectivity index is 2.37. The first kappa shape index (κ1) is 17.1. The second-order valence-electron chi connectivity index (χ2n) is 4.37. The molecule has 0 saturated heterocycles. The van der Waals surface area contributed by atoms with E-state index in [0.29, 0.717) is 12.5 Å². The van der Waals surface area contributed by atoms with Crippen LogP contribution < -0.4 is 4.72 Å². The molecular formula is C13H11ClF3NO2S2. The van der Waals surface area contributed by atoms with Crippen molar-refractivity contribution in [1.82, 2.24) is 0 Å². The van der Waals surface area contributed by atoms with E-state index in [4.69, 9.17) is 11.6 Å². The van der Waals surface area contributed by atoms with Crippen LogP contribution in [0, 0.1) is 0 Å². The first-order valence-corrected chi connectivity index (χ1v) is 8.79. The van der Waals surface area contributed by atoms with Gasteiger partial charge in [0, 0.05) is 4.88 Å². The van der Waals surface area contributed by atoms with Gasteiger partial charge in [0.2, 0.25) is 0 Å². The van der Waals surface area contributed by atoms with Crippen molar-refractivity contribution >= 4 is 38.6 Å². The van der Waals surface area contributed by atoms with Gasteiger partial charge < -0.3 is 0 Å². The minimum Gasteiger partial charge on any atom is -0.277 e. The summed E-state index contributed by atoms with van der Waals surface area (Å²) >= 11 is 6.84. The second kappa shape index (κ2) is 6.10. The zero-order chi connectivity index (χ0) is 16.5. The average molecular weight is 370 g/mol. The molecular weight excluding hydrogens is 359 g/mol. The Morgan fingerprint density at radius 2 is 1.91 bits per heavy atom. The number of aryl methyl sites for hydroxylation is 1. The van der Waals surface area contributed by atoms with Crippen molar-refractivity contribution in [3.05, 3.63) is 45.8 Å². The van der Waals surface area contributed by atoms with E-state index in [1.807, 2.05) is 6.92 Å². The highest BCUT2D eigenvalue weighted by Crippen LogP contribution is 2.35. The third kappa shape index (κ3) is 3.74. The summed E-state index contributed by atoms with van der Waals surface area (Å²) in [5.41, 5.74) is -1.28. The van der Waals surface area contributed by atoms with Gasteiger partial charge in [-0.25, -0.2) is 8.42 Å². The third-order valence-corrected chi connectivity index (χ3v) is 6.20. The summed E-state index contributed by atoms with van der Waals surface area (Å²) < 4.78 is 64.6. The fourth-order valence-electron chi connectivity index (χ4n) is 1.67. The van der Waals surface area contributed by atoms with Gasteiger partial charge in [-0.2, -0.15) is 13.2 Å². The van der Waals surface area contributed by atoms with Crippen molar-refractivity contribution < 1.29 is 21.6 Å². The minimum atomic E-state index is -4.58. The van der Waals surface area contributed by atoms with Gasteiger partial charge in [0.15, 0.2) is 0 Å². The lowest BCUT2D eigenvalue weighted by atomic mass is 10.2. The zero-order valence-electron chi connectivity index (χ0n) is 11.2. The van der Waals surface area contributed by atoms with Gasteiger partial charge in [0.25, 0.3) is 10.0 Å². The highest BCUT2D eigenvalue weighted by atomic mass is 35.5. The van der Waals surface area contributed by atoms with Crippen molar-refractivity contribution in [2.75, 3.05) is 4.72 Å². The van der Waals surface area contributed by atoms with Crippen LogP contribution >= 0.6 is 22.9 Å². The Morgan fingerprint density at radius 3 is 2.45 bits per heavy atom. The van der Waals surface area contributed by atoms with Gasteiger partial charge in [0.05, 0.1) is 16.3 Å². The molecule has 0 aliphatic carbocycles. The number of alkyl halides is 3. The summed E-state index contributed by atoms with van der Waals surface area (Å²) in [5.74, 6) is 0. The Hall–Kier alpha value is -1.25. The topological polar surface area (TPSA) is 46.2 Å². The summed E-state index contributed by atoms with van der Waals surface area (Å²) in [7, 11) is -3.97.